The summed E-state index contributed by atoms with van der Waals surface area (Å²) in [7, 11) is 0. The minimum atomic E-state index is 0.217. The average Bonchev–Trinajstić information content (AvgIpc) is 1.88. The molecule has 0 aromatic carbocycles. The maximum atomic E-state index is 8.69. The summed E-state index contributed by atoms with van der Waals surface area (Å²) < 4.78 is 0. The summed E-state index contributed by atoms with van der Waals surface area (Å²) >= 11 is 0. The van der Waals surface area contributed by atoms with Crippen molar-refractivity contribution in [1.82, 2.24) is 0 Å². The van der Waals surface area contributed by atoms with Gasteiger partial charge in [-0.3, -0.25) is 4.99 Å². The zero-order valence-electron chi connectivity index (χ0n) is 5.54. The standard InChI is InChI=1S/C7H11NO/c1-6-2-7(5-9)4-8-3-6/h3-4,7,9H,2,5H2,1H3. The monoisotopic (exact) mass is 125 g/mol. The minimum absolute atomic E-state index is 0.217. The fourth-order valence-electron chi connectivity index (χ4n) is 0.923. The second-order valence-corrected chi connectivity index (χ2v) is 2.42. The van der Waals surface area contributed by atoms with Crippen LogP contribution in [0, 0.1) is 5.92 Å². The lowest BCUT2D eigenvalue weighted by molar-refractivity contribution is 0.262. The lowest BCUT2D eigenvalue weighted by atomic mass is 10.0. The van der Waals surface area contributed by atoms with Gasteiger partial charge in [-0.15, -0.1) is 0 Å². The molecule has 2 heteroatoms. The zero-order chi connectivity index (χ0) is 6.69. The van der Waals surface area contributed by atoms with Crippen LogP contribution in [-0.2, 0) is 0 Å². The molecule has 50 valence electrons. The van der Waals surface area contributed by atoms with Gasteiger partial charge in [0, 0.05) is 18.3 Å². The van der Waals surface area contributed by atoms with E-state index in [4.69, 9.17) is 5.11 Å². The molecule has 0 aromatic heterocycles. The van der Waals surface area contributed by atoms with E-state index in [9.17, 15) is 0 Å². The van der Waals surface area contributed by atoms with E-state index in [0.717, 1.165) is 6.42 Å². The molecule has 2 nitrogen and oxygen atoms in total. The van der Waals surface area contributed by atoms with Crippen molar-refractivity contribution >= 4 is 6.21 Å². The highest BCUT2D eigenvalue weighted by atomic mass is 16.3. The Morgan fingerprint density at radius 3 is 3.11 bits per heavy atom. The molecule has 0 aliphatic carbocycles. The number of nitrogens with zero attached hydrogens (tertiary/aromatic N) is 1. The van der Waals surface area contributed by atoms with Gasteiger partial charge in [-0.25, -0.2) is 0 Å². The molecular weight excluding hydrogens is 114 g/mol. The van der Waals surface area contributed by atoms with E-state index in [1.807, 2.05) is 13.1 Å². The van der Waals surface area contributed by atoms with Gasteiger partial charge in [0.05, 0.1) is 6.61 Å². The van der Waals surface area contributed by atoms with Gasteiger partial charge in [-0.1, -0.05) is 5.57 Å². The Kier molecular flexibility index (Phi) is 2.01. The highest BCUT2D eigenvalue weighted by Crippen LogP contribution is 2.12. The maximum Gasteiger partial charge on any atom is 0.0511 e. The molecule has 1 atom stereocenters. The van der Waals surface area contributed by atoms with Crippen LogP contribution in [0.4, 0.5) is 0 Å². The molecule has 0 saturated heterocycles. The van der Waals surface area contributed by atoms with Gasteiger partial charge in [-0.2, -0.15) is 0 Å². The third-order valence-electron chi connectivity index (χ3n) is 1.41. The van der Waals surface area contributed by atoms with Crippen LogP contribution >= 0.6 is 0 Å². The smallest absolute Gasteiger partial charge is 0.0511 e. The molecule has 1 aliphatic heterocycles. The Labute approximate surface area is 54.9 Å². The van der Waals surface area contributed by atoms with E-state index in [0.29, 0.717) is 0 Å². The van der Waals surface area contributed by atoms with Gasteiger partial charge in [0.15, 0.2) is 0 Å². The van der Waals surface area contributed by atoms with Gasteiger partial charge in [0.2, 0.25) is 0 Å². The van der Waals surface area contributed by atoms with Crippen LogP contribution in [0.25, 0.3) is 0 Å². The highest BCUT2D eigenvalue weighted by Gasteiger charge is 2.06. The van der Waals surface area contributed by atoms with Gasteiger partial charge in [0.25, 0.3) is 0 Å². The number of rotatable bonds is 1. The van der Waals surface area contributed by atoms with Crippen LogP contribution in [0.3, 0.4) is 0 Å². The average molecular weight is 125 g/mol. The van der Waals surface area contributed by atoms with Crippen molar-refractivity contribution in [3.8, 4) is 0 Å². The predicted octanol–water partition coefficient (Wildman–Crippen LogP) is 0.973. The Hall–Kier alpha value is -0.630. The fourth-order valence-corrected chi connectivity index (χ4v) is 0.923. The Morgan fingerprint density at radius 1 is 1.89 bits per heavy atom. The van der Waals surface area contributed by atoms with Crippen molar-refractivity contribution in [2.75, 3.05) is 6.61 Å². The van der Waals surface area contributed by atoms with Crippen LogP contribution in [0.2, 0.25) is 0 Å². The topological polar surface area (TPSA) is 32.6 Å². The molecule has 0 aromatic rings. The summed E-state index contributed by atoms with van der Waals surface area (Å²) in [4.78, 5) is 3.96. The summed E-state index contributed by atoms with van der Waals surface area (Å²) in [5, 5.41) is 8.69. The lowest BCUT2D eigenvalue weighted by Crippen LogP contribution is -2.10. The van der Waals surface area contributed by atoms with Crippen molar-refractivity contribution < 1.29 is 5.11 Å². The first-order valence-electron chi connectivity index (χ1n) is 3.12. The Morgan fingerprint density at radius 2 is 2.67 bits per heavy atom. The summed E-state index contributed by atoms with van der Waals surface area (Å²) in [6.07, 6.45) is 4.60. The van der Waals surface area contributed by atoms with Gasteiger partial charge in [-0.05, 0) is 13.3 Å². The predicted molar refractivity (Wildman–Crippen MR) is 37.4 cm³/mol. The summed E-state index contributed by atoms with van der Waals surface area (Å²) in [6, 6.07) is 0. The van der Waals surface area contributed by atoms with E-state index in [2.05, 4.69) is 4.99 Å². The number of hydrogen-bond donors (Lipinski definition) is 1. The third kappa shape index (κ3) is 1.64. The SMILES string of the molecule is CC1=CN=CC(CO)C1. The lowest BCUT2D eigenvalue weighted by Gasteiger charge is -2.10. The molecule has 0 spiro atoms. The van der Waals surface area contributed by atoms with Gasteiger partial charge in [0.1, 0.15) is 0 Å². The second-order valence-electron chi connectivity index (χ2n) is 2.42. The number of aliphatic hydroxyl groups is 1. The van der Waals surface area contributed by atoms with E-state index in [1.54, 1.807) is 6.21 Å². The van der Waals surface area contributed by atoms with Gasteiger partial charge >= 0.3 is 0 Å². The summed E-state index contributed by atoms with van der Waals surface area (Å²) in [6.45, 7) is 2.24. The Bertz CT molecular complexity index is 149. The van der Waals surface area contributed by atoms with E-state index < -0.39 is 0 Å². The van der Waals surface area contributed by atoms with Crippen molar-refractivity contribution in [3.05, 3.63) is 11.8 Å². The van der Waals surface area contributed by atoms with Crippen LogP contribution in [0.5, 0.6) is 0 Å². The minimum Gasteiger partial charge on any atom is -0.396 e. The molecule has 0 fully saturated rings. The van der Waals surface area contributed by atoms with Crippen LogP contribution in [0.1, 0.15) is 13.3 Å². The first-order valence-corrected chi connectivity index (χ1v) is 3.12. The molecule has 1 N–H and O–H groups in total. The molecule has 0 bridgehead atoms. The normalized spacial score (nSPS) is 26.0. The summed E-state index contributed by atoms with van der Waals surface area (Å²) in [5.74, 6) is 0.259. The molecule has 0 amide bonds. The number of allylic oxidation sites excluding steroid dienone is 1. The zero-order valence-corrected chi connectivity index (χ0v) is 5.54. The first kappa shape index (κ1) is 6.49. The molecule has 0 radical (unpaired) electrons. The number of hydrogen-bond acceptors (Lipinski definition) is 2. The van der Waals surface area contributed by atoms with Crippen molar-refractivity contribution in [2.45, 2.75) is 13.3 Å². The second kappa shape index (κ2) is 2.78. The molecule has 1 heterocycles. The van der Waals surface area contributed by atoms with Crippen LogP contribution < -0.4 is 0 Å². The number of aliphatic hydroxyl groups excluding tert-OH is 1. The highest BCUT2D eigenvalue weighted by molar-refractivity contribution is 5.63. The van der Waals surface area contributed by atoms with Crippen molar-refractivity contribution in [2.24, 2.45) is 10.9 Å². The van der Waals surface area contributed by atoms with Crippen molar-refractivity contribution in [1.29, 1.82) is 0 Å². The quantitative estimate of drug-likeness (QED) is 0.556. The Balaban J connectivity index is 2.51. The van der Waals surface area contributed by atoms with E-state index in [1.165, 1.54) is 5.57 Å². The molecular formula is C7H11NO. The maximum absolute atomic E-state index is 8.69. The molecule has 9 heavy (non-hydrogen) atoms. The molecule has 0 saturated carbocycles. The summed E-state index contributed by atoms with van der Waals surface area (Å²) in [5.41, 5.74) is 1.25. The van der Waals surface area contributed by atoms with E-state index >= 15 is 0 Å². The fraction of sp³-hybridized carbons (Fsp3) is 0.571. The third-order valence-corrected chi connectivity index (χ3v) is 1.41. The van der Waals surface area contributed by atoms with E-state index in [-0.39, 0.29) is 12.5 Å². The van der Waals surface area contributed by atoms with Gasteiger partial charge < -0.3 is 5.11 Å². The molecule has 1 rings (SSSR count). The first-order chi connectivity index (χ1) is 4.33. The van der Waals surface area contributed by atoms with Crippen LogP contribution in [-0.4, -0.2) is 17.9 Å². The van der Waals surface area contributed by atoms with Crippen LogP contribution in [0.15, 0.2) is 16.8 Å². The van der Waals surface area contributed by atoms with Crippen molar-refractivity contribution in [3.63, 3.8) is 0 Å². The molecule has 1 unspecified atom stereocenters. The molecule has 1 aliphatic rings. The number of aliphatic imine (C=N–C) groups is 1. The largest absolute Gasteiger partial charge is 0.396 e.